The smallest absolute Gasteiger partial charge is 0.275 e. The van der Waals surface area contributed by atoms with Crippen LogP contribution < -0.4 is 10.6 Å². The van der Waals surface area contributed by atoms with Gasteiger partial charge in [-0.1, -0.05) is 39.0 Å². The molecule has 1 aromatic heterocycles. The van der Waals surface area contributed by atoms with Crippen LogP contribution in [0.3, 0.4) is 0 Å². The molecule has 2 N–H and O–H groups in total. The van der Waals surface area contributed by atoms with Crippen LogP contribution in [0.1, 0.15) is 36.8 Å². The maximum Gasteiger partial charge on any atom is 0.275 e. The molecule has 0 aliphatic heterocycles. The van der Waals surface area contributed by atoms with Crippen molar-refractivity contribution >= 4 is 17.4 Å². The second kappa shape index (κ2) is 5.91. The lowest BCUT2D eigenvalue weighted by molar-refractivity contribution is 0.102. The molecule has 21 heavy (non-hydrogen) atoms. The molecule has 1 aromatic carbocycles. The predicted octanol–water partition coefficient (Wildman–Crippen LogP) is 3.07. The van der Waals surface area contributed by atoms with E-state index in [-0.39, 0.29) is 17.0 Å². The zero-order valence-electron chi connectivity index (χ0n) is 12.8. The highest BCUT2D eigenvalue weighted by Crippen LogP contribution is 2.29. The number of carbonyl (C=O) groups excluding carboxylic acids is 1. The van der Waals surface area contributed by atoms with Crippen LogP contribution in [0.15, 0.2) is 36.7 Å². The second-order valence-electron chi connectivity index (χ2n) is 5.79. The van der Waals surface area contributed by atoms with E-state index >= 15 is 0 Å². The summed E-state index contributed by atoms with van der Waals surface area (Å²) in [5.74, 6) is 0.364. The quantitative estimate of drug-likeness (QED) is 0.909. The highest BCUT2D eigenvalue weighted by atomic mass is 16.1. The van der Waals surface area contributed by atoms with Gasteiger partial charge in [0.25, 0.3) is 5.91 Å². The van der Waals surface area contributed by atoms with Gasteiger partial charge in [0, 0.05) is 12.7 Å². The van der Waals surface area contributed by atoms with Crippen molar-refractivity contribution in [3.05, 3.63) is 47.9 Å². The number of nitrogens with one attached hydrogen (secondary N) is 2. The van der Waals surface area contributed by atoms with Gasteiger partial charge in [-0.05, 0) is 17.0 Å². The van der Waals surface area contributed by atoms with Gasteiger partial charge < -0.3 is 10.6 Å². The first-order chi connectivity index (χ1) is 9.91. The Morgan fingerprint density at radius 2 is 1.81 bits per heavy atom. The summed E-state index contributed by atoms with van der Waals surface area (Å²) in [6.07, 6.45) is 2.99. The molecular formula is C16H20N4O. The van der Waals surface area contributed by atoms with Crippen molar-refractivity contribution in [2.75, 3.05) is 17.7 Å². The number of aromatic nitrogens is 2. The third-order valence-corrected chi connectivity index (χ3v) is 3.12. The Labute approximate surface area is 124 Å². The molecule has 0 fully saturated rings. The van der Waals surface area contributed by atoms with E-state index in [1.54, 1.807) is 7.05 Å². The average Bonchev–Trinajstić information content (AvgIpc) is 2.47. The molecule has 0 saturated carbocycles. The highest BCUT2D eigenvalue weighted by molar-refractivity contribution is 6.03. The molecule has 5 heteroatoms. The summed E-state index contributed by atoms with van der Waals surface area (Å²) >= 11 is 0. The Morgan fingerprint density at radius 3 is 2.38 bits per heavy atom. The van der Waals surface area contributed by atoms with Crippen LogP contribution in [0, 0.1) is 0 Å². The fourth-order valence-electron chi connectivity index (χ4n) is 2.01. The lowest BCUT2D eigenvalue weighted by Gasteiger charge is -2.22. The molecule has 0 radical (unpaired) electrons. The molecule has 0 aliphatic rings. The molecule has 0 aliphatic carbocycles. The lowest BCUT2D eigenvalue weighted by atomic mass is 9.86. The number of para-hydroxylation sites is 1. The van der Waals surface area contributed by atoms with Gasteiger partial charge in [0.05, 0.1) is 12.4 Å². The third-order valence-electron chi connectivity index (χ3n) is 3.12. The Balaban J connectivity index is 2.23. The van der Waals surface area contributed by atoms with Crippen molar-refractivity contribution in [2.45, 2.75) is 26.2 Å². The first-order valence-corrected chi connectivity index (χ1v) is 6.82. The number of hydrogen-bond acceptors (Lipinski definition) is 4. The van der Waals surface area contributed by atoms with Crippen molar-refractivity contribution < 1.29 is 4.79 Å². The fraction of sp³-hybridized carbons (Fsp3) is 0.312. The Bertz CT molecular complexity index is 629. The minimum Gasteiger partial charge on any atom is -0.372 e. The Morgan fingerprint density at radius 1 is 1.10 bits per heavy atom. The van der Waals surface area contributed by atoms with Gasteiger partial charge in [0.15, 0.2) is 0 Å². The largest absolute Gasteiger partial charge is 0.372 e. The summed E-state index contributed by atoms with van der Waals surface area (Å²) in [7, 11) is 1.75. The molecule has 0 saturated heterocycles. The summed E-state index contributed by atoms with van der Waals surface area (Å²) < 4.78 is 0. The van der Waals surface area contributed by atoms with Crippen molar-refractivity contribution in [3.63, 3.8) is 0 Å². The molecule has 110 valence electrons. The molecule has 2 aromatic rings. The van der Waals surface area contributed by atoms with Crippen LogP contribution in [-0.2, 0) is 5.41 Å². The van der Waals surface area contributed by atoms with E-state index < -0.39 is 0 Å². The average molecular weight is 284 g/mol. The number of hydrogen-bond donors (Lipinski definition) is 2. The number of nitrogens with zero attached hydrogens (tertiary/aromatic N) is 2. The third kappa shape index (κ3) is 3.56. The topological polar surface area (TPSA) is 66.9 Å². The van der Waals surface area contributed by atoms with Crippen LogP contribution in [0.25, 0.3) is 0 Å². The normalized spacial score (nSPS) is 11.0. The van der Waals surface area contributed by atoms with Crippen LogP contribution in [-0.4, -0.2) is 22.9 Å². The highest BCUT2D eigenvalue weighted by Gasteiger charge is 2.19. The molecule has 5 nitrogen and oxygen atoms in total. The summed E-state index contributed by atoms with van der Waals surface area (Å²) in [5.41, 5.74) is 2.12. The number of amides is 1. The summed E-state index contributed by atoms with van der Waals surface area (Å²) in [5, 5.41) is 5.78. The predicted molar refractivity (Wildman–Crippen MR) is 84.7 cm³/mol. The van der Waals surface area contributed by atoms with E-state index in [0.717, 1.165) is 11.3 Å². The zero-order valence-corrected chi connectivity index (χ0v) is 12.8. The number of benzene rings is 1. The summed E-state index contributed by atoms with van der Waals surface area (Å²) in [6.45, 7) is 6.33. The van der Waals surface area contributed by atoms with E-state index in [0.29, 0.717) is 5.82 Å². The van der Waals surface area contributed by atoms with E-state index in [4.69, 9.17) is 0 Å². The van der Waals surface area contributed by atoms with Gasteiger partial charge in [0.2, 0.25) is 0 Å². The van der Waals surface area contributed by atoms with Gasteiger partial charge >= 0.3 is 0 Å². The van der Waals surface area contributed by atoms with Gasteiger partial charge in [0.1, 0.15) is 11.5 Å². The van der Waals surface area contributed by atoms with E-state index in [1.165, 1.54) is 12.4 Å². The summed E-state index contributed by atoms with van der Waals surface area (Å²) in [6, 6.07) is 7.79. The van der Waals surface area contributed by atoms with Crippen LogP contribution in [0.4, 0.5) is 11.5 Å². The van der Waals surface area contributed by atoms with Crippen molar-refractivity contribution in [2.24, 2.45) is 0 Å². The van der Waals surface area contributed by atoms with Crippen molar-refractivity contribution in [1.29, 1.82) is 0 Å². The zero-order chi connectivity index (χ0) is 15.5. The van der Waals surface area contributed by atoms with Gasteiger partial charge in [-0.2, -0.15) is 0 Å². The maximum atomic E-state index is 12.3. The van der Waals surface area contributed by atoms with Crippen molar-refractivity contribution in [3.8, 4) is 0 Å². The second-order valence-corrected chi connectivity index (χ2v) is 5.79. The standard InChI is InChI=1S/C16H20N4O/c1-16(2,3)11-7-5-6-8-12(11)20-15(21)13-9-19-14(17-4)10-18-13/h5-10H,1-4H3,(H,17,19)(H,20,21). The minimum atomic E-state index is -0.262. The summed E-state index contributed by atoms with van der Waals surface area (Å²) in [4.78, 5) is 20.5. The molecule has 0 unspecified atom stereocenters. The molecule has 1 amide bonds. The van der Waals surface area contributed by atoms with Gasteiger partial charge in [-0.25, -0.2) is 9.97 Å². The molecular weight excluding hydrogens is 264 g/mol. The lowest BCUT2D eigenvalue weighted by Crippen LogP contribution is -2.19. The van der Waals surface area contributed by atoms with Crippen LogP contribution >= 0.6 is 0 Å². The van der Waals surface area contributed by atoms with E-state index in [9.17, 15) is 4.79 Å². The van der Waals surface area contributed by atoms with Crippen LogP contribution in [0.5, 0.6) is 0 Å². The maximum absolute atomic E-state index is 12.3. The Kier molecular flexibility index (Phi) is 4.21. The number of anilines is 2. The SMILES string of the molecule is CNc1cnc(C(=O)Nc2ccccc2C(C)(C)C)cn1. The molecule has 0 atom stereocenters. The molecule has 0 bridgehead atoms. The Hall–Kier alpha value is -2.43. The first-order valence-electron chi connectivity index (χ1n) is 6.82. The van der Waals surface area contributed by atoms with Crippen molar-refractivity contribution in [1.82, 2.24) is 9.97 Å². The number of rotatable bonds is 3. The number of carbonyl (C=O) groups is 1. The minimum absolute atomic E-state index is 0.0501. The fourth-order valence-corrected chi connectivity index (χ4v) is 2.01. The van der Waals surface area contributed by atoms with E-state index in [1.807, 2.05) is 24.3 Å². The first kappa shape index (κ1) is 15.0. The van der Waals surface area contributed by atoms with Gasteiger partial charge in [-0.3, -0.25) is 4.79 Å². The molecule has 1 heterocycles. The molecule has 2 rings (SSSR count). The van der Waals surface area contributed by atoms with Gasteiger partial charge in [-0.15, -0.1) is 0 Å². The van der Waals surface area contributed by atoms with Crippen LogP contribution in [0.2, 0.25) is 0 Å². The van der Waals surface area contributed by atoms with E-state index in [2.05, 4.69) is 41.4 Å². The molecule has 0 spiro atoms. The monoisotopic (exact) mass is 284 g/mol.